The molecule has 0 unspecified atom stereocenters. The summed E-state index contributed by atoms with van der Waals surface area (Å²) in [6.07, 6.45) is 0. The third-order valence-electron chi connectivity index (χ3n) is 3.46. The molecule has 4 heteroatoms. The standard InChI is InChI=1S/C18H21BrN2O/c1-14(16-6-4-3-5-7-16)20-18(22)13-21(2)12-15-8-10-17(19)11-9-15/h3-11,14H,12-13H2,1-2H3,(H,20,22)/t14-/m1/s1. The normalized spacial score (nSPS) is 12.2. The number of nitrogens with zero attached hydrogens (tertiary/aromatic N) is 1. The molecular formula is C18H21BrN2O. The Labute approximate surface area is 140 Å². The monoisotopic (exact) mass is 360 g/mol. The molecule has 0 radical (unpaired) electrons. The Morgan fingerprint density at radius 3 is 2.41 bits per heavy atom. The molecular weight excluding hydrogens is 340 g/mol. The molecule has 22 heavy (non-hydrogen) atoms. The maximum absolute atomic E-state index is 12.1. The molecule has 0 heterocycles. The van der Waals surface area contributed by atoms with Gasteiger partial charge in [0.05, 0.1) is 12.6 Å². The van der Waals surface area contributed by atoms with Gasteiger partial charge in [-0.25, -0.2) is 0 Å². The molecule has 1 atom stereocenters. The lowest BCUT2D eigenvalue weighted by Crippen LogP contribution is -2.36. The molecule has 0 aromatic heterocycles. The lowest BCUT2D eigenvalue weighted by molar-refractivity contribution is -0.122. The number of hydrogen-bond acceptors (Lipinski definition) is 2. The Hall–Kier alpha value is -1.65. The van der Waals surface area contributed by atoms with Crippen LogP contribution in [0.4, 0.5) is 0 Å². The average Bonchev–Trinajstić information content (AvgIpc) is 2.50. The molecule has 0 fully saturated rings. The summed E-state index contributed by atoms with van der Waals surface area (Å²) in [6.45, 7) is 3.13. The summed E-state index contributed by atoms with van der Waals surface area (Å²) in [5, 5.41) is 3.03. The fourth-order valence-electron chi connectivity index (χ4n) is 2.31. The molecule has 0 saturated heterocycles. The van der Waals surface area contributed by atoms with Gasteiger partial charge in [0, 0.05) is 11.0 Å². The van der Waals surface area contributed by atoms with E-state index in [0.29, 0.717) is 6.54 Å². The van der Waals surface area contributed by atoms with Crippen LogP contribution in [-0.4, -0.2) is 24.4 Å². The maximum atomic E-state index is 12.1. The molecule has 0 aliphatic rings. The highest BCUT2D eigenvalue weighted by atomic mass is 79.9. The quantitative estimate of drug-likeness (QED) is 0.850. The number of hydrogen-bond donors (Lipinski definition) is 1. The van der Waals surface area contributed by atoms with Crippen LogP contribution in [0.25, 0.3) is 0 Å². The molecule has 2 rings (SSSR count). The topological polar surface area (TPSA) is 32.3 Å². The first-order valence-corrected chi connectivity index (χ1v) is 8.11. The Kier molecular flexibility index (Phi) is 6.16. The number of likely N-dealkylation sites (N-methyl/N-ethyl adjacent to an activating group) is 1. The van der Waals surface area contributed by atoms with E-state index in [9.17, 15) is 4.79 Å². The minimum atomic E-state index is 0.0229. The highest BCUT2D eigenvalue weighted by Crippen LogP contribution is 2.12. The zero-order valence-corrected chi connectivity index (χ0v) is 14.5. The van der Waals surface area contributed by atoms with Crippen LogP contribution >= 0.6 is 15.9 Å². The van der Waals surface area contributed by atoms with Crippen LogP contribution in [0.1, 0.15) is 24.1 Å². The van der Waals surface area contributed by atoms with Gasteiger partial charge in [0.1, 0.15) is 0 Å². The summed E-state index contributed by atoms with van der Waals surface area (Å²) in [5.41, 5.74) is 2.31. The Bertz CT molecular complexity index is 598. The second-order valence-electron chi connectivity index (χ2n) is 5.50. The summed E-state index contributed by atoms with van der Waals surface area (Å²) in [7, 11) is 1.95. The number of halogens is 1. The molecule has 3 nitrogen and oxygen atoms in total. The van der Waals surface area contributed by atoms with E-state index in [1.807, 2.05) is 61.3 Å². The first-order valence-electron chi connectivity index (χ1n) is 7.32. The largest absolute Gasteiger partial charge is 0.348 e. The van der Waals surface area contributed by atoms with Crippen LogP contribution in [0.2, 0.25) is 0 Å². The van der Waals surface area contributed by atoms with E-state index in [4.69, 9.17) is 0 Å². The van der Waals surface area contributed by atoms with Crippen molar-refractivity contribution in [3.05, 3.63) is 70.2 Å². The average molecular weight is 361 g/mol. The number of amides is 1. The molecule has 1 amide bonds. The van der Waals surface area contributed by atoms with Gasteiger partial charge in [-0.2, -0.15) is 0 Å². The predicted octanol–water partition coefficient (Wildman–Crippen LogP) is 3.76. The van der Waals surface area contributed by atoms with Gasteiger partial charge in [-0.05, 0) is 37.2 Å². The van der Waals surface area contributed by atoms with Crippen molar-refractivity contribution in [1.29, 1.82) is 0 Å². The van der Waals surface area contributed by atoms with E-state index in [2.05, 4.69) is 33.4 Å². The Morgan fingerprint density at radius 1 is 1.14 bits per heavy atom. The van der Waals surface area contributed by atoms with Gasteiger partial charge < -0.3 is 5.32 Å². The summed E-state index contributed by atoms with van der Waals surface area (Å²) in [6, 6.07) is 18.2. The maximum Gasteiger partial charge on any atom is 0.234 e. The molecule has 0 spiro atoms. The molecule has 116 valence electrons. The van der Waals surface area contributed by atoms with E-state index >= 15 is 0 Å². The first-order chi connectivity index (χ1) is 10.5. The van der Waals surface area contributed by atoms with Gasteiger partial charge in [-0.3, -0.25) is 9.69 Å². The first kappa shape index (κ1) is 16.7. The number of rotatable bonds is 6. The van der Waals surface area contributed by atoms with Gasteiger partial charge in [0.15, 0.2) is 0 Å². The zero-order chi connectivity index (χ0) is 15.9. The van der Waals surface area contributed by atoms with Crippen LogP contribution in [-0.2, 0) is 11.3 Å². The SMILES string of the molecule is C[C@@H](NC(=O)CN(C)Cc1ccc(Br)cc1)c1ccccc1. The summed E-state index contributed by atoms with van der Waals surface area (Å²) >= 11 is 3.42. The van der Waals surface area contributed by atoms with Crippen LogP contribution in [0.15, 0.2) is 59.1 Å². The van der Waals surface area contributed by atoms with Crippen LogP contribution < -0.4 is 5.32 Å². The van der Waals surface area contributed by atoms with E-state index in [-0.39, 0.29) is 11.9 Å². The second-order valence-corrected chi connectivity index (χ2v) is 6.41. The minimum absolute atomic E-state index is 0.0229. The third kappa shape index (κ3) is 5.28. The second kappa shape index (κ2) is 8.11. The molecule has 0 saturated carbocycles. The highest BCUT2D eigenvalue weighted by Gasteiger charge is 2.11. The number of carbonyl (C=O) groups excluding carboxylic acids is 1. The van der Waals surface area contributed by atoms with Crippen molar-refractivity contribution in [3.63, 3.8) is 0 Å². The van der Waals surface area contributed by atoms with Crippen molar-refractivity contribution in [1.82, 2.24) is 10.2 Å². The van der Waals surface area contributed by atoms with Gasteiger partial charge >= 0.3 is 0 Å². The van der Waals surface area contributed by atoms with Gasteiger partial charge in [0.25, 0.3) is 0 Å². The fourth-order valence-corrected chi connectivity index (χ4v) is 2.58. The van der Waals surface area contributed by atoms with E-state index in [1.165, 1.54) is 5.56 Å². The fraction of sp³-hybridized carbons (Fsp3) is 0.278. The van der Waals surface area contributed by atoms with Crippen molar-refractivity contribution in [2.75, 3.05) is 13.6 Å². The van der Waals surface area contributed by atoms with Crippen LogP contribution in [0, 0.1) is 0 Å². The molecule has 0 aliphatic heterocycles. The Balaban J connectivity index is 1.82. The molecule has 2 aromatic rings. The number of benzene rings is 2. The van der Waals surface area contributed by atoms with Crippen molar-refractivity contribution >= 4 is 21.8 Å². The minimum Gasteiger partial charge on any atom is -0.348 e. The summed E-state index contributed by atoms with van der Waals surface area (Å²) in [4.78, 5) is 14.1. The lowest BCUT2D eigenvalue weighted by atomic mass is 10.1. The smallest absolute Gasteiger partial charge is 0.234 e. The summed E-state index contributed by atoms with van der Waals surface area (Å²) in [5.74, 6) is 0.0379. The highest BCUT2D eigenvalue weighted by molar-refractivity contribution is 9.10. The zero-order valence-electron chi connectivity index (χ0n) is 12.9. The summed E-state index contributed by atoms with van der Waals surface area (Å²) < 4.78 is 1.06. The Morgan fingerprint density at radius 2 is 1.77 bits per heavy atom. The molecule has 1 N–H and O–H groups in total. The van der Waals surface area contributed by atoms with Crippen molar-refractivity contribution < 1.29 is 4.79 Å². The number of nitrogens with one attached hydrogen (secondary N) is 1. The van der Waals surface area contributed by atoms with Gasteiger partial charge in [-0.1, -0.05) is 58.4 Å². The van der Waals surface area contributed by atoms with Crippen molar-refractivity contribution in [3.8, 4) is 0 Å². The van der Waals surface area contributed by atoms with Gasteiger partial charge in [-0.15, -0.1) is 0 Å². The molecule has 0 aliphatic carbocycles. The van der Waals surface area contributed by atoms with Crippen LogP contribution in [0.3, 0.4) is 0 Å². The van der Waals surface area contributed by atoms with Crippen molar-refractivity contribution in [2.24, 2.45) is 0 Å². The lowest BCUT2D eigenvalue weighted by Gasteiger charge is -2.19. The molecule has 2 aromatic carbocycles. The van der Waals surface area contributed by atoms with Gasteiger partial charge in [0.2, 0.25) is 5.91 Å². The third-order valence-corrected chi connectivity index (χ3v) is 3.99. The van der Waals surface area contributed by atoms with E-state index < -0.39 is 0 Å². The predicted molar refractivity (Wildman–Crippen MR) is 93.5 cm³/mol. The van der Waals surface area contributed by atoms with Crippen LogP contribution in [0.5, 0.6) is 0 Å². The molecule has 0 bridgehead atoms. The number of carbonyl (C=O) groups is 1. The van der Waals surface area contributed by atoms with E-state index in [0.717, 1.165) is 16.6 Å². The van der Waals surface area contributed by atoms with E-state index in [1.54, 1.807) is 0 Å². The van der Waals surface area contributed by atoms with Crippen molar-refractivity contribution in [2.45, 2.75) is 19.5 Å².